The molecule has 0 unspecified atom stereocenters. The Bertz CT molecular complexity index is 458. The highest BCUT2D eigenvalue weighted by Gasteiger charge is 2.27. The zero-order valence-corrected chi connectivity index (χ0v) is 15.1. The fourth-order valence-corrected chi connectivity index (χ4v) is 3.45. The van der Waals surface area contributed by atoms with E-state index in [9.17, 15) is 4.79 Å². The number of amides is 1. The lowest BCUT2D eigenvalue weighted by Gasteiger charge is -2.38. The smallest absolute Gasteiger partial charge is 0.241 e. The van der Waals surface area contributed by atoms with Gasteiger partial charge in [0.15, 0.2) is 0 Å². The highest BCUT2D eigenvalue weighted by Crippen LogP contribution is 2.24. The number of carbonyl (C=O) groups is 1. The standard InChI is InChI=1S/C17H25N3O.2ClH/c21-17(14-18-15-6-2-1-3-7-15)20-12-10-19(11-13-20)16-8-4-5-9-16;;/h1-3,6-7,16,18H,4-5,8-14H2;2*1H. The van der Waals surface area contributed by atoms with Crippen molar-refractivity contribution in [1.82, 2.24) is 9.80 Å². The molecule has 1 heterocycles. The van der Waals surface area contributed by atoms with Gasteiger partial charge < -0.3 is 10.2 Å². The molecule has 1 saturated heterocycles. The van der Waals surface area contributed by atoms with Crippen LogP contribution >= 0.6 is 24.8 Å². The maximum Gasteiger partial charge on any atom is 0.241 e. The number of anilines is 1. The number of benzene rings is 1. The van der Waals surface area contributed by atoms with Crippen LogP contribution in [0.3, 0.4) is 0 Å². The zero-order chi connectivity index (χ0) is 14.5. The van der Waals surface area contributed by atoms with E-state index in [-0.39, 0.29) is 30.7 Å². The lowest BCUT2D eigenvalue weighted by molar-refractivity contribution is -0.131. The van der Waals surface area contributed by atoms with Gasteiger partial charge >= 0.3 is 0 Å². The summed E-state index contributed by atoms with van der Waals surface area (Å²) in [6, 6.07) is 10.7. The summed E-state index contributed by atoms with van der Waals surface area (Å²) in [7, 11) is 0. The molecule has 4 nitrogen and oxygen atoms in total. The first-order chi connectivity index (χ1) is 10.3. The van der Waals surface area contributed by atoms with Gasteiger partial charge in [-0.1, -0.05) is 31.0 Å². The Labute approximate surface area is 151 Å². The molecule has 23 heavy (non-hydrogen) atoms. The summed E-state index contributed by atoms with van der Waals surface area (Å²) in [5.41, 5.74) is 1.01. The van der Waals surface area contributed by atoms with Crippen LogP contribution in [-0.4, -0.2) is 54.5 Å². The summed E-state index contributed by atoms with van der Waals surface area (Å²) in [4.78, 5) is 16.8. The number of nitrogens with zero attached hydrogens (tertiary/aromatic N) is 2. The molecule has 1 saturated carbocycles. The van der Waals surface area contributed by atoms with Crippen molar-refractivity contribution in [2.75, 3.05) is 38.0 Å². The highest BCUT2D eigenvalue weighted by atomic mass is 35.5. The SMILES string of the molecule is Cl.Cl.O=C(CNc1ccccc1)N1CCN(C2CCCC2)CC1. The molecule has 1 aromatic rings. The second kappa shape index (κ2) is 10.0. The maximum absolute atomic E-state index is 12.2. The molecule has 0 aromatic heterocycles. The van der Waals surface area contributed by atoms with Crippen LogP contribution in [0.1, 0.15) is 25.7 Å². The van der Waals surface area contributed by atoms with Crippen molar-refractivity contribution in [3.8, 4) is 0 Å². The van der Waals surface area contributed by atoms with E-state index in [4.69, 9.17) is 0 Å². The molecule has 3 rings (SSSR count). The quantitative estimate of drug-likeness (QED) is 0.897. The molecular weight excluding hydrogens is 333 g/mol. The third-order valence-electron chi connectivity index (χ3n) is 4.73. The first-order valence-electron chi connectivity index (χ1n) is 8.14. The van der Waals surface area contributed by atoms with Gasteiger partial charge in [-0.25, -0.2) is 0 Å². The summed E-state index contributed by atoms with van der Waals surface area (Å²) >= 11 is 0. The van der Waals surface area contributed by atoms with Crippen LogP contribution in [0.25, 0.3) is 0 Å². The van der Waals surface area contributed by atoms with Gasteiger partial charge in [0.2, 0.25) is 5.91 Å². The number of nitrogens with one attached hydrogen (secondary N) is 1. The Hall–Kier alpha value is -0.970. The summed E-state index contributed by atoms with van der Waals surface area (Å²) in [5.74, 6) is 0.213. The van der Waals surface area contributed by atoms with Gasteiger partial charge in [0.25, 0.3) is 0 Å². The number of hydrogen-bond donors (Lipinski definition) is 1. The Morgan fingerprint density at radius 1 is 1.00 bits per heavy atom. The summed E-state index contributed by atoms with van der Waals surface area (Å²) in [6.45, 7) is 4.24. The molecule has 0 radical (unpaired) electrons. The number of piperazine rings is 1. The monoisotopic (exact) mass is 359 g/mol. The molecule has 130 valence electrons. The van der Waals surface area contributed by atoms with Crippen molar-refractivity contribution in [2.24, 2.45) is 0 Å². The predicted molar refractivity (Wildman–Crippen MR) is 99.8 cm³/mol. The molecule has 2 aliphatic rings. The molecule has 1 N–H and O–H groups in total. The fraction of sp³-hybridized carbons (Fsp3) is 0.588. The van der Waals surface area contributed by atoms with Crippen LogP contribution in [-0.2, 0) is 4.79 Å². The minimum atomic E-state index is 0. The second-order valence-electron chi connectivity index (χ2n) is 6.07. The van der Waals surface area contributed by atoms with Crippen LogP contribution in [0.5, 0.6) is 0 Å². The molecule has 6 heteroatoms. The Balaban J connectivity index is 0.00000132. The van der Waals surface area contributed by atoms with Crippen LogP contribution in [0.15, 0.2) is 30.3 Å². The van der Waals surface area contributed by atoms with Crippen LogP contribution < -0.4 is 5.32 Å². The van der Waals surface area contributed by atoms with Crippen LogP contribution in [0, 0.1) is 0 Å². The van der Waals surface area contributed by atoms with E-state index >= 15 is 0 Å². The normalized spacial score (nSPS) is 18.9. The van der Waals surface area contributed by atoms with Gasteiger partial charge in [0.1, 0.15) is 0 Å². The van der Waals surface area contributed by atoms with E-state index in [1.165, 1.54) is 25.7 Å². The maximum atomic E-state index is 12.2. The van der Waals surface area contributed by atoms with Crippen LogP contribution in [0.2, 0.25) is 0 Å². The summed E-state index contributed by atoms with van der Waals surface area (Å²) in [6.07, 6.45) is 5.46. The second-order valence-corrected chi connectivity index (χ2v) is 6.07. The highest BCUT2D eigenvalue weighted by molar-refractivity contribution is 5.85. The molecule has 0 spiro atoms. The lowest BCUT2D eigenvalue weighted by Crippen LogP contribution is -2.52. The van der Waals surface area contributed by atoms with E-state index in [0.717, 1.165) is 37.9 Å². The number of rotatable bonds is 4. The topological polar surface area (TPSA) is 35.6 Å². The molecule has 0 atom stereocenters. The van der Waals surface area contributed by atoms with E-state index in [1.54, 1.807) is 0 Å². The molecule has 1 amide bonds. The molecule has 0 bridgehead atoms. The van der Waals surface area contributed by atoms with Crippen molar-refractivity contribution in [2.45, 2.75) is 31.7 Å². The van der Waals surface area contributed by atoms with Gasteiger partial charge in [-0.3, -0.25) is 9.69 Å². The van der Waals surface area contributed by atoms with E-state index in [2.05, 4.69) is 10.2 Å². The lowest BCUT2D eigenvalue weighted by atomic mass is 10.2. The minimum absolute atomic E-state index is 0. The summed E-state index contributed by atoms with van der Waals surface area (Å²) in [5, 5.41) is 3.20. The van der Waals surface area contributed by atoms with Crippen molar-refractivity contribution < 1.29 is 4.79 Å². The Kier molecular flexibility index (Phi) is 8.74. The van der Waals surface area contributed by atoms with Gasteiger partial charge in [-0.2, -0.15) is 0 Å². The average Bonchev–Trinajstić information content (AvgIpc) is 3.08. The van der Waals surface area contributed by atoms with E-state index in [0.29, 0.717) is 6.54 Å². The average molecular weight is 360 g/mol. The number of hydrogen-bond acceptors (Lipinski definition) is 3. The largest absolute Gasteiger partial charge is 0.376 e. The number of para-hydroxylation sites is 1. The third kappa shape index (κ3) is 5.55. The minimum Gasteiger partial charge on any atom is -0.376 e. The van der Waals surface area contributed by atoms with Gasteiger partial charge in [0.05, 0.1) is 6.54 Å². The van der Waals surface area contributed by atoms with Gasteiger partial charge in [-0.15, -0.1) is 24.8 Å². The van der Waals surface area contributed by atoms with Gasteiger partial charge in [-0.05, 0) is 25.0 Å². The van der Waals surface area contributed by atoms with Crippen molar-refractivity contribution in [3.05, 3.63) is 30.3 Å². The predicted octanol–water partition coefficient (Wildman–Crippen LogP) is 3.03. The molecule has 1 aliphatic carbocycles. The van der Waals surface area contributed by atoms with Crippen molar-refractivity contribution in [3.63, 3.8) is 0 Å². The van der Waals surface area contributed by atoms with Crippen LogP contribution in [0.4, 0.5) is 5.69 Å². The molecular formula is C17H27Cl2N3O. The van der Waals surface area contributed by atoms with Crippen molar-refractivity contribution >= 4 is 36.4 Å². The molecule has 1 aliphatic heterocycles. The first-order valence-corrected chi connectivity index (χ1v) is 8.14. The zero-order valence-electron chi connectivity index (χ0n) is 13.4. The fourth-order valence-electron chi connectivity index (χ4n) is 3.45. The number of carbonyl (C=O) groups excluding carboxylic acids is 1. The third-order valence-corrected chi connectivity index (χ3v) is 4.73. The first kappa shape index (κ1) is 20.1. The summed E-state index contributed by atoms with van der Waals surface area (Å²) < 4.78 is 0. The molecule has 2 fully saturated rings. The van der Waals surface area contributed by atoms with Crippen molar-refractivity contribution in [1.29, 1.82) is 0 Å². The Morgan fingerprint density at radius 2 is 1.61 bits per heavy atom. The molecule has 1 aromatic carbocycles. The van der Waals surface area contributed by atoms with E-state index < -0.39 is 0 Å². The Morgan fingerprint density at radius 3 is 2.22 bits per heavy atom. The van der Waals surface area contributed by atoms with Gasteiger partial charge in [0, 0.05) is 37.9 Å². The number of halogens is 2. The van der Waals surface area contributed by atoms with E-state index in [1.807, 2.05) is 35.2 Å².